The maximum atomic E-state index is 12.4. The molecule has 0 bridgehead atoms. The van der Waals surface area contributed by atoms with Crippen molar-refractivity contribution in [3.8, 4) is 0 Å². The second kappa shape index (κ2) is 7.76. The Balaban J connectivity index is 1.48. The highest BCUT2D eigenvalue weighted by molar-refractivity contribution is 6.30. The molecule has 0 saturated carbocycles. The molecule has 8 heteroatoms. The van der Waals surface area contributed by atoms with Crippen LogP contribution >= 0.6 is 11.6 Å². The van der Waals surface area contributed by atoms with Gasteiger partial charge in [-0.15, -0.1) is 0 Å². The molecule has 0 aromatic carbocycles. The van der Waals surface area contributed by atoms with Crippen LogP contribution in [0.1, 0.15) is 39.3 Å². The predicted octanol–water partition coefficient (Wildman–Crippen LogP) is 3.25. The number of fused-ring (bicyclic) bond motifs is 1. The zero-order chi connectivity index (χ0) is 19.6. The largest absolute Gasteiger partial charge is 0.444 e. The van der Waals surface area contributed by atoms with Crippen LogP contribution in [0.4, 0.5) is 4.79 Å². The molecule has 2 aromatic rings. The SMILES string of the molecule is CC(C)(C)OC(=O)N1CCC(C(=O)NCc2cn3cc(Cl)ccc3n2)CC1. The molecule has 1 fully saturated rings. The first kappa shape index (κ1) is 19.5. The lowest BCUT2D eigenvalue weighted by atomic mass is 9.96. The van der Waals surface area contributed by atoms with E-state index in [9.17, 15) is 9.59 Å². The van der Waals surface area contributed by atoms with Gasteiger partial charge in [0, 0.05) is 31.4 Å². The number of halogens is 1. The van der Waals surface area contributed by atoms with E-state index in [0.717, 1.165) is 11.3 Å². The van der Waals surface area contributed by atoms with Gasteiger partial charge in [-0.05, 0) is 45.7 Å². The molecular weight excluding hydrogens is 368 g/mol. The number of ether oxygens (including phenoxy) is 1. The van der Waals surface area contributed by atoms with Crippen molar-refractivity contribution < 1.29 is 14.3 Å². The smallest absolute Gasteiger partial charge is 0.410 e. The van der Waals surface area contributed by atoms with Crippen LogP contribution in [0.2, 0.25) is 5.02 Å². The first-order valence-electron chi connectivity index (χ1n) is 9.10. The summed E-state index contributed by atoms with van der Waals surface area (Å²) in [5.41, 5.74) is 1.05. The molecule has 0 spiro atoms. The van der Waals surface area contributed by atoms with Gasteiger partial charge in [-0.25, -0.2) is 9.78 Å². The Labute approximate surface area is 163 Å². The number of hydrogen-bond donors (Lipinski definition) is 1. The molecule has 27 heavy (non-hydrogen) atoms. The standard InChI is InChI=1S/C19H25ClN4O3/c1-19(2,3)27-18(26)23-8-6-13(7-9-23)17(25)21-10-15-12-24-11-14(20)4-5-16(24)22-15/h4-5,11-13H,6-10H2,1-3H3,(H,21,25). The zero-order valence-corrected chi connectivity index (χ0v) is 16.6. The van der Waals surface area contributed by atoms with E-state index in [1.807, 2.05) is 37.4 Å². The maximum Gasteiger partial charge on any atom is 0.410 e. The van der Waals surface area contributed by atoms with Gasteiger partial charge in [-0.3, -0.25) is 4.79 Å². The Hall–Kier alpha value is -2.28. The molecule has 3 rings (SSSR count). The molecular formula is C19H25ClN4O3. The van der Waals surface area contributed by atoms with Crippen molar-refractivity contribution >= 4 is 29.2 Å². The summed E-state index contributed by atoms with van der Waals surface area (Å²) in [6.45, 7) is 6.96. The number of imidazole rings is 1. The molecule has 2 amide bonds. The van der Waals surface area contributed by atoms with E-state index < -0.39 is 5.60 Å². The molecule has 1 aliphatic heterocycles. The van der Waals surface area contributed by atoms with Crippen LogP contribution in [-0.4, -0.2) is 45.0 Å². The number of nitrogens with zero attached hydrogens (tertiary/aromatic N) is 3. The van der Waals surface area contributed by atoms with E-state index in [0.29, 0.717) is 37.5 Å². The summed E-state index contributed by atoms with van der Waals surface area (Å²) in [4.78, 5) is 30.7. The molecule has 1 aliphatic rings. The van der Waals surface area contributed by atoms with Crippen LogP contribution in [-0.2, 0) is 16.1 Å². The molecule has 0 radical (unpaired) electrons. The molecule has 7 nitrogen and oxygen atoms in total. The fraction of sp³-hybridized carbons (Fsp3) is 0.526. The number of carbonyl (C=O) groups is 2. The quantitative estimate of drug-likeness (QED) is 0.869. The van der Waals surface area contributed by atoms with Crippen LogP contribution in [0.25, 0.3) is 5.65 Å². The van der Waals surface area contributed by atoms with E-state index in [1.54, 1.807) is 17.2 Å². The Morgan fingerprint density at radius 1 is 1.26 bits per heavy atom. The molecule has 1 saturated heterocycles. The van der Waals surface area contributed by atoms with Gasteiger partial charge < -0.3 is 19.4 Å². The van der Waals surface area contributed by atoms with E-state index in [-0.39, 0.29) is 17.9 Å². The van der Waals surface area contributed by atoms with Gasteiger partial charge in [-0.2, -0.15) is 0 Å². The van der Waals surface area contributed by atoms with Gasteiger partial charge in [0.2, 0.25) is 5.91 Å². The number of aromatic nitrogens is 2. The number of rotatable bonds is 3. The van der Waals surface area contributed by atoms with Crippen LogP contribution in [0.15, 0.2) is 24.5 Å². The Kier molecular flexibility index (Phi) is 5.60. The number of nitrogens with one attached hydrogen (secondary N) is 1. The number of likely N-dealkylation sites (tertiary alicyclic amines) is 1. The second-order valence-corrected chi connectivity index (χ2v) is 8.24. The third-order valence-corrected chi connectivity index (χ3v) is 4.65. The van der Waals surface area contributed by atoms with Gasteiger partial charge in [-0.1, -0.05) is 11.6 Å². The first-order chi connectivity index (χ1) is 12.7. The van der Waals surface area contributed by atoms with Crippen molar-refractivity contribution in [2.24, 2.45) is 5.92 Å². The zero-order valence-electron chi connectivity index (χ0n) is 15.9. The summed E-state index contributed by atoms with van der Waals surface area (Å²) < 4.78 is 7.22. The number of piperidine rings is 1. The third-order valence-electron chi connectivity index (χ3n) is 4.43. The van der Waals surface area contributed by atoms with Gasteiger partial charge >= 0.3 is 6.09 Å². The maximum absolute atomic E-state index is 12.4. The number of carbonyl (C=O) groups excluding carboxylic acids is 2. The normalized spacial score (nSPS) is 15.8. The minimum atomic E-state index is -0.510. The lowest BCUT2D eigenvalue weighted by Crippen LogP contribution is -2.44. The minimum Gasteiger partial charge on any atom is -0.444 e. The average Bonchev–Trinajstić information content (AvgIpc) is 3.00. The molecule has 1 N–H and O–H groups in total. The Morgan fingerprint density at radius 3 is 2.63 bits per heavy atom. The lowest BCUT2D eigenvalue weighted by Gasteiger charge is -2.32. The van der Waals surface area contributed by atoms with Gasteiger partial charge in [0.05, 0.1) is 17.3 Å². The summed E-state index contributed by atoms with van der Waals surface area (Å²) in [7, 11) is 0. The van der Waals surface area contributed by atoms with Crippen molar-refractivity contribution in [2.75, 3.05) is 13.1 Å². The highest BCUT2D eigenvalue weighted by atomic mass is 35.5. The summed E-state index contributed by atoms with van der Waals surface area (Å²) in [5, 5.41) is 3.58. The van der Waals surface area contributed by atoms with Crippen molar-refractivity contribution in [3.63, 3.8) is 0 Å². The van der Waals surface area contributed by atoms with Gasteiger partial charge in [0.15, 0.2) is 0 Å². The fourth-order valence-corrected chi connectivity index (χ4v) is 3.24. The van der Waals surface area contributed by atoms with Crippen LogP contribution in [0, 0.1) is 5.92 Å². The monoisotopic (exact) mass is 392 g/mol. The molecule has 146 valence electrons. The Morgan fingerprint density at radius 2 is 1.96 bits per heavy atom. The summed E-state index contributed by atoms with van der Waals surface area (Å²) in [5.74, 6) is -0.107. The Bertz CT molecular complexity index is 835. The predicted molar refractivity (Wildman–Crippen MR) is 103 cm³/mol. The van der Waals surface area contributed by atoms with Crippen molar-refractivity contribution in [1.82, 2.24) is 19.6 Å². The average molecular weight is 393 g/mol. The number of pyridine rings is 1. The van der Waals surface area contributed by atoms with Crippen LogP contribution < -0.4 is 5.32 Å². The second-order valence-electron chi connectivity index (χ2n) is 7.80. The number of amides is 2. The van der Waals surface area contributed by atoms with Crippen molar-refractivity contribution in [2.45, 2.75) is 45.8 Å². The van der Waals surface area contributed by atoms with Crippen molar-refractivity contribution in [3.05, 3.63) is 35.2 Å². The molecule has 0 aliphatic carbocycles. The van der Waals surface area contributed by atoms with Gasteiger partial charge in [0.25, 0.3) is 0 Å². The van der Waals surface area contributed by atoms with E-state index >= 15 is 0 Å². The summed E-state index contributed by atoms with van der Waals surface area (Å²) in [6.07, 6.45) is 4.58. The van der Waals surface area contributed by atoms with Gasteiger partial charge in [0.1, 0.15) is 11.2 Å². The highest BCUT2D eigenvalue weighted by Crippen LogP contribution is 2.20. The lowest BCUT2D eigenvalue weighted by molar-refractivity contribution is -0.126. The van der Waals surface area contributed by atoms with Crippen LogP contribution in [0.5, 0.6) is 0 Å². The molecule has 0 unspecified atom stereocenters. The van der Waals surface area contributed by atoms with E-state index in [1.165, 1.54) is 0 Å². The minimum absolute atomic E-state index is 0.00562. The number of hydrogen-bond acceptors (Lipinski definition) is 4. The first-order valence-corrected chi connectivity index (χ1v) is 9.48. The fourth-order valence-electron chi connectivity index (χ4n) is 3.08. The topological polar surface area (TPSA) is 75.9 Å². The third kappa shape index (κ3) is 5.13. The summed E-state index contributed by atoms with van der Waals surface area (Å²) in [6, 6.07) is 3.62. The summed E-state index contributed by atoms with van der Waals surface area (Å²) >= 11 is 5.97. The van der Waals surface area contributed by atoms with Crippen LogP contribution in [0.3, 0.4) is 0 Å². The van der Waals surface area contributed by atoms with E-state index in [4.69, 9.17) is 16.3 Å². The molecule has 3 heterocycles. The van der Waals surface area contributed by atoms with Crippen molar-refractivity contribution in [1.29, 1.82) is 0 Å². The molecule has 0 atom stereocenters. The van der Waals surface area contributed by atoms with E-state index in [2.05, 4.69) is 10.3 Å². The molecule has 2 aromatic heterocycles. The highest BCUT2D eigenvalue weighted by Gasteiger charge is 2.29.